The number of halogens is 1. The molecule has 0 spiro atoms. The van der Waals surface area contributed by atoms with E-state index in [0.29, 0.717) is 11.8 Å². The second-order valence-corrected chi connectivity index (χ2v) is 5.38. The Balaban J connectivity index is 2.12. The van der Waals surface area contributed by atoms with Crippen molar-refractivity contribution in [1.82, 2.24) is 0 Å². The monoisotopic (exact) mass is 236 g/mol. The fourth-order valence-corrected chi connectivity index (χ4v) is 2.52. The Bertz CT molecular complexity index is 361. The standard InChI is InChI=1S/C14H21FN2/c1-10(2)11-7-13(16)9-17(8-11)14-5-3-12(15)4-6-14/h3-6,10-11,13H,7-9,16H2,1-2H3. The molecule has 2 N–H and O–H groups in total. The normalized spacial score (nSPS) is 25.4. The molecule has 2 unspecified atom stereocenters. The van der Waals surface area contributed by atoms with Crippen LogP contribution in [0.1, 0.15) is 20.3 Å². The van der Waals surface area contributed by atoms with Gasteiger partial charge in [0.2, 0.25) is 0 Å². The maximum atomic E-state index is 12.9. The molecule has 1 aliphatic rings. The van der Waals surface area contributed by atoms with Gasteiger partial charge in [-0.05, 0) is 42.5 Å². The molecule has 1 fully saturated rings. The molecule has 0 bridgehead atoms. The molecule has 1 aliphatic heterocycles. The molecule has 2 nitrogen and oxygen atoms in total. The van der Waals surface area contributed by atoms with Gasteiger partial charge in [0.05, 0.1) is 0 Å². The summed E-state index contributed by atoms with van der Waals surface area (Å²) < 4.78 is 12.9. The van der Waals surface area contributed by atoms with E-state index < -0.39 is 0 Å². The van der Waals surface area contributed by atoms with E-state index in [4.69, 9.17) is 5.73 Å². The predicted molar refractivity (Wildman–Crippen MR) is 69.5 cm³/mol. The summed E-state index contributed by atoms with van der Waals surface area (Å²) in [5.74, 6) is 1.09. The molecular formula is C14H21FN2. The van der Waals surface area contributed by atoms with Crippen LogP contribution in [0.25, 0.3) is 0 Å². The van der Waals surface area contributed by atoms with E-state index in [1.807, 2.05) is 12.1 Å². The average molecular weight is 236 g/mol. The van der Waals surface area contributed by atoms with Crippen LogP contribution in [-0.4, -0.2) is 19.1 Å². The number of rotatable bonds is 2. The third-order valence-corrected chi connectivity index (χ3v) is 3.65. The quantitative estimate of drug-likeness (QED) is 0.855. The van der Waals surface area contributed by atoms with Gasteiger partial charge in [0.25, 0.3) is 0 Å². The topological polar surface area (TPSA) is 29.3 Å². The van der Waals surface area contributed by atoms with Crippen LogP contribution in [0, 0.1) is 17.7 Å². The summed E-state index contributed by atoms with van der Waals surface area (Å²) in [5.41, 5.74) is 7.18. The van der Waals surface area contributed by atoms with Crippen molar-refractivity contribution in [3.8, 4) is 0 Å². The first-order valence-corrected chi connectivity index (χ1v) is 6.32. The van der Waals surface area contributed by atoms with Crippen molar-refractivity contribution in [3.05, 3.63) is 30.1 Å². The first-order valence-electron chi connectivity index (χ1n) is 6.32. The molecule has 3 heteroatoms. The van der Waals surface area contributed by atoms with Crippen molar-refractivity contribution in [3.63, 3.8) is 0 Å². The molecule has 2 atom stereocenters. The zero-order valence-corrected chi connectivity index (χ0v) is 10.6. The molecule has 17 heavy (non-hydrogen) atoms. The fraction of sp³-hybridized carbons (Fsp3) is 0.571. The summed E-state index contributed by atoms with van der Waals surface area (Å²) >= 11 is 0. The van der Waals surface area contributed by atoms with E-state index in [0.717, 1.165) is 25.2 Å². The van der Waals surface area contributed by atoms with Gasteiger partial charge in [-0.1, -0.05) is 13.8 Å². The Morgan fingerprint density at radius 2 is 1.88 bits per heavy atom. The van der Waals surface area contributed by atoms with Gasteiger partial charge in [-0.2, -0.15) is 0 Å². The Morgan fingerprint density at radius 3 is 2.47 bits per heavy atom. The molecule has 0 saturated carbocycles. The fourth-order valence-electron chi connectivity index (χ4n) is 2.52. The molecule has 94 valence electrons. The molecule has 0 aliphatic carbocycles. The van der Waals surface area contributed by atoms with Gasteiger partial charge in [-0.25, -0.2) is 4.39 Å². The van der Waals surface area contributed by atoms with Gasteiger partial charge in [-0.15, -0.1) is 0 Å². The van der Waals surface area contributed by atoms with Gasteiger partial charge in [0.15, 0.2) is 0 Å². The van der Waals surface area contributed by atoms with Crippen molar-refractivity contribution in [2.24, 2.45) is 17.6 Å². The lowest BCUT2D eigenvalue weighted by molar-refractivity contribution is 0.298. The highest BCUT2D eigenvalue weighted by Crippen LogP contribution is 2.27. The first-order chi connectivity index (χ1) is 8.06. The number of nitrogens with two attached hydrogens (primary N) is 1. The van der Waals surface area contributed by atoms with Crippen molar-refractivity contribution in [2.75, 3.05) is 18.0 Å². The second-order valence-electron chi connectivity index (χ2n) is 5.38. The average Bonchev–Trinajstić information content (AvgIpc) is 2.29. The molecule has 0 amide bonds. The maximum absolute atomic E-state index is 12.9. The van der Waals surface area contributed by atoms with Crippen molar-refractivity contribution < 1.29 is 4.39 Å². The number of nitrogens with zero attached hydrogens (tertiary/aromatic N) is 1. The third kappa shape index (κ3) is 2.97. The minimum Gasteiger partial charge on any atom is -0.370 e. The number of benzene rings is 1. The van der Waals surface area contributed by atoms with Crippen LogP contribution in [0.4, 0.5) is 10.1 Å². The van der Waals surface area contributed by atoms with Crippen LogP contribution in [0.5, 0.6) is 0 Å². The van der Waals surface area contributed by atoms with Crippen molar-refractivity contribution in [2.45, 2.75) is 26.3 Å². The summed E-state index contributed by atoms with van der Waals surface area (Å²) in [6.07, 6.45) is 1.09. The van der Waals surface area contributed by atoms with E-state index in [1.165, 1.54) is 12.1 Å². The van der Waals surface area contributed by atoms with Gasteiger partial charge in [0.1, 0.15) is 5.82 Å². The van der Waals surface area contributed by atoms with E-state index in [-0.39, 0.29) is 11.9 Å². The lowest BCUT2D eigenvalue weighted by Gasteiger charge is -2.39. The Morgan fingerprint density at radius 1 is 1.24 bits per heavy atom. The minimum atomic E-state index is -0.185. The van der Waals surface area contributed by atoms with E-state index in [9.17, 15) is 4.39 Å². The molecule has 0 aromatic heterocycles. The zero-order chi connectivity index (χ0) is 12.4. The Labute approximate surface area is 103 Å². The van der Waals surface area contributed by atoms with E-state index in [2.05, 4.69) is 18.7 Å². The predicted octanol–water partition coefficient (Wildman–Crippen LogP) is 2.64. The van der Waals surface area contributed by atoms with Crippen LogP contribution in [0.3, 0.4) is 0 Å². The van der Waals surface area contributed by atoms with Gasteiger partial charge >= 0.3 is 0 Å². The van der Waals surface area contributed by atoms with Crippen LogP contribution in [0.15, 0.2) is 24.3 Å². The third-order valence-electron chi connectivity index (χ3n) is 3.65. The maximum Gasteiger partial charge on any atom is 0.123 e. The number of anilines is 1. The van der Waals surface area contributed by atoms with Crippen LogP contribution >= 0.6 is 0 Å². The molecule has 1 aromatic carbocycles. The highest BCUT2D eigenvalue weighted by molar-refractivity contribution is 5.47. The van der Waals surface area contributed by atoms with E-state index >= 15 is 0 Å². The summed E-state index contributed by atoms with van der Waals surface area (Å²) in [4.78, 5) is 2.28. The van der Waals surface area contributed by atoms with Crippen LogP contribution < -0.4 is 10.6 Å². The molecule has 1 aromatic rings. The van der Waals surface area contributed by atoms with Crippen molar-refractivity contribution in [1.29, 1.82) is 0 Å². The Kier molecular flexibility index (Phi) is 3.67. The number of piperidine rings is 1. The molecule has 2 rings (SSSR count). The minimum absolute atomic E-state index is 0.185. The molecule has 1 saturated heterocycles. The lowest BCUT2D eigenvalue weighted by atomic mass is 9.85. The summed E-state index contributed by atoms with van der Waals surface area (Å²) in [7, 11) is 0. The highest BCUT2D eigenvalue weighted by atomic mass is 19.1. The highest BCUT2D eigenvalue weighted by Gasteiger charge is 2.27. The van der Waals surface area contributed by atoms with Gasteiger partial charge in [0, 0.05) is 24.8 Å². The summed E-state index contributed by atoms with van der Waals surface area (Å²) in [5, 5.41) is 0. The summed E-state index contributed by atoms with van der Waals surface area (Å²) in [6, 6.07) is 6.93. The number of hydrogen-bond donors (Lipinski definition) is 1. The first kappa shape index (κ1) is 12.4. The zero-order valence-electron chi connectivity index (χ0n) is 10.6. The van der Waals surface area contributed by atoms with E-state index in [1.54, 1.807) is 0 Å². The molecular weight excluding hydrogens is 215 g/mol. The number of hydrogen-bond acceptors (Lipinski definition) is 2. The summed E-state index contributed by atoms with van der Waals surface area (Å²) in [6.45, 7) is 6.38. The van der Waals surface area contributed by atoms with Crippen LogP contribution in [-0.2, 0) is 0 Å². The van der Waals surface area contributed by atoms with Crippen LogP contribution in [0.2, 0.25) is 0 Å². The lowest BCUT2D eigenvalue weighted by Crippen LogP contribution is -2.48. The smallest absolute Gasteiger partial charge is 0.123 e. The Hall–Kier alpha value is -1.09. The van der Waals surface area contributed by atoms with Gasteiger partial charge in [-0.3, -0.25) is 0 Å². The molecule has 1 heterocycles. The SMILES string of the molecule is CC(C)C1CC(N)CN(c2ccc(F)cc2)C1. The molecule has 0 radical (unpaired) electrons. The largest absolute Gasteiger partial charge is 0.370 e. The van der Waals surface area contributed by atoms with Gasteiger partial charge < -0.3 is 10.6 Å². The van der Waals surface area contributed by atoms with Crippen molar-refractivity contribution >= 4 is 5.69 Å². The second kappa shape index (κ2) is 5.05.